The van der Waals surface area contributed by atoms with Gasteiger partial charge in [0, 0.05) is 12.4 Å². The van der Waals surface area contributed by atoms with Crippen LogP contribution >= 0.6 is 0 Å². The Balaban J connectivity index is 1.62. The summed E-state index contributed by atoms with van der Waals surface area (Å²) < 4.78 is 8.86. The number of aryl methyl sites for hydroxylation is 2. The standard InChI is InChI=1S/C21H17N5O2/c1-14-8-9-25-12-18(23-20(25)10-14)21(27)28-13-19-17(11-22)15(2)24-26(19)16-6-4-3-5-7-16/h3-10,12H,13H2,1-2H3. The molecule has 0 atom stereocenters. The number of fused-ring (bicyclic) bond motifs is 1. The molecule has 0 N–H and O–H groups in total. The molecule has 7 nitrogen and oxygen atoms in total. The Kier molecular flexibility index (Phi) is 4.38. The molecule has 28 heavy (non-hydrogen) atoms. The topological polar surface area (TPSA) is 85.2 Å². The zero-order valence-corrected chi connectivity index (χ0v) is 15.5. The van der Waals surface area contributed by atoms with Gasteiger partial charge in [0.1, 0.15) is 23.9 Å². The third-order valence-corrected chi connectivity index (χ3v) is 4.43. The second-order valence-corrected chi connectivity index (χ2v) is 6.44. The van der Waals surface area contributed by atoms with E-state index in [1.807, 2.05) is 55.6 Å². The maximum absolute atomic E-state index is 12.5. The highest BCUT2D eigenvalue weighted by molar-refractivity contribution is 5.88. The summed E-state index contributed by atoms with van der Waals surface area (Å²) in [6.07, 6.45) is 3.47. The lowest BCUT2D eigenvalue weighted by Gasteiger charge is -2.08. The third-order valence-electron chi connectivity index (χ3n) is 4.43. The number of carbonyl (C=O) groups excluding carboxylic acids is 1. The van der Waals surface area contributed by atoms with Crippen LogP contribution < -0.4 is 0 Å². The molecule has 4 aromatic rings. The van der Waals surface area contributed by atoms with E-state index in [-0.39, 0.29) is 12.3 Å². The zero-order valence-electron chi connectivity index (χ0n) is 15.5. The number of para-hydroxylation sites is 1. The van der Waals surface area contributed by atoms with Crippen molar-refractivity contribution < 1.29 is 9.53 Å². The van der Waals surface area contributed by atoms with Crippen molar-refractivity contribution in [3.05, 3.63) is 83.1 Å². The first-order valence-corrected chi connectivity index (χ1v) is 8.73. The number of nitrogens with zero attached hydrogens (tertiary/aromatic N) is 5. The van der Waals surface area contributed by atoms with Crippen molar-refractivity contribution in [2.24, 2.45) is 0 Å². The van der Waals surface area contributed by atoms with Crippen molar-refractivity contribution in [3.63, 3.8) is 0 Å². The molecule has 0 unspecified atom stereocenters. The molecule has 0 aliphatic carbocycles. The number of esters is 1. The highest BCUT2D eigenvalue weighted by Gasteiger charge is 2.19. The van der Waals surface area contributed by atoms with Gasteiger partial charge in [0.05, 0.1) is 17.1 Å². The molecule has 3 aromatic heterocycles. The fraction of sp³-hybridized carbons (Fsp3) is 0.143. The van der Waals surface area contributed by atoms with E-state index in [1.165, 1.54) is 0 Å². The number of hydrogen-bond acceptors (Lipinski definition) is 5. The average Bonchev–Trinajstić information content (AvgIpc) is 3.26. The van der Waals surface area contributed by atoms with E-state index in [4.69, 9.17) is 4.74 Å². The first-order chi connectivity index (χ1) is 13.6. The van der Waals surface area contributed by atoms with Gasteiger partial charge in [-0.15, -0.1) is 0 Å². The second kappa shape index (κ2) is 7.00. The molecular weight excluding hydrogens is 354 g/mol. The number of aromatic nitrogens is 4. The van der Waals surface area contributed by atoms with Crippen molar-refractivity contribution in [2.45, 2.75) is 20.5 Å². The predicted octanol–water partition coefficient (Wildman–Crippen LogP) is 3.37. The number of rotatable bonds is 4. The highest BCUT2D eigenvalue weighted by Crippen LogP contribution is 2.19. The maximum atomic E-state index is 12.5. The molecule has 0 saturated heterocycles. The quantitative estimate of drug-likeness (QED) is 0.514. The Morgan fingerprint density at radius 1 is 1.21 bits per heavy atom. The van der Waals surface area contributed by atoms with E-state index < -0.39 is 5.97 Å². The Bertz CT molecular complexity index is 1220. The Morgan fingerprint density at radius 3 is 2.75 bits per heavy atom. The number of nitriles is 1. The van der Waals surface area contributed by atoms with Crippen molar-refractivity contribution in [3.8, 4) is 11.8 Å². The molecule has 0 aliphatic heterocycles. The Morgan fingerprint density at radius 2 is 2.00 bits per heavy atom. The molecule has 3 heterocycles. The van der Waals surface area contributed by atoms with Crippen molar-refractivity contribution in [2.75, 3.05) is 0 Å². The largest absolute Gasteiger partial charge is 0.454 e. The number of ether oxygens (including phenoxy) is 1. The summed E-state index contributed by atoms with van der Waals surface area (Å²) in [5.74, 6) is -0.552. The van der Waals surface area contributed by atoms with Crippen LogP contribution in [0, 0.1) is 25.2 Å². The summed E-state index contributed by atoms with van der Waals surface area (Å²) in [5, 5.41) is 13.9. The van der Waals surface area contributed by atoms with E-state index in [1.54, 1.807) is 22.2 Å². The van der Waals surface area contributed by atoms with E-state index in [0.29, 0.717) is 22.6 Å². The summed E-state index contributed by atoms with van der Waals surface area (Å²) in [5.41, 5.74) is 4.25. The molecule has 0 fully saturated rings. The molecule has 7 heteroatoms. The van der Waals surface area contributed by atoms with Gasteiger partial charge in [0.2, 0.25) is 0 Å². The van der Waals surface area contributed by atoms with Crippen LogP contribution in [0.1, 0.15) is 33.0 Å². The SMILES string of the molecule is Cc1ccn2cc(C(=O)OCc3c(C#N)c(C)nn3-c3ccccc3)nc2c1. The van der Waals surface area contributed by atoms with Gasteiger partial charge >= 0.3 is 5.97 Å². The molecule has 138 valence electrons. The highest BCUT2D eigenvalue weighted by atomic mass is 16.5. The number of hydrogen-bond donors (Lipinski definition) is 0. The van der Waals surface area contributed by atoms with Crippen molar-refractivity contribution >= 4 is 11.6 Å². The van der Waals surface area contributed by atoms with Crippen LogP contribution in [0.4, 0.5) is 0 Å². The monoisotopic (exact) mass is 371 g/mol. The molecule has 0 aliphatic rings. The summed E-state index contributed by atoms with van der Waals surface area (Å²) >= 11 is 0. The van der Waals surface area contributed by atoms with Gasteiger partial charge < -0.3 is 9.14 Å². The normalized spacial score (nSPS) is 10.8. The molecule has 0 radical (unpaired) electrons. The first-order valence-electron chi connectivity index (χ1n) is 8.73. The molecule has 0 amide bonds. The van der Waals surface area contributed by atoms with Crippen LogP contribution in [-0.2, 0) is 11.3 Å². The molecule has 1 aromatic carbocycles. The van der Waals surface area contributed by atoms with E-state index in [9.17, 15) is 10.1 Å². The summed E-state index contributed by atoms with van der Waals surface area (Å²) in [6.45, 7) is 3.64. The first kappa shape index (κ1) is 17.5. The minimum absolute atomic E-state index is 0.0790. The second-order valence-electron chi connectivity index (χ2n) is 6.44. The van der Waals surface area contributed by atoms with Gasteiger partial charge in [-0.05, 0) is 43.7 Å². The van der Waals surface area contributed by atoms with Gasteiger partial charge in [-0.2, -0.15) is 10.4 Å². The third kappa shape index (κ3) is 3.12. The lowest BCUT2D eigenvalue weighted by atomic mass is 10.2. The smallest absolute Gasteiger partial charge is 0.358 e. The number of benzene rings is 1. The molecule has 4 rings (SSSR count). The summed E-state index contributed by atoms with van der Waals surface area (Å²) in [4.78, 5) is 16.8. The summed E-state index contributed by atoms with van der Waals surface area (Å²) in [6, 6.07) is 15.4. The van der Waals surface area contributed by atoms with Gasteiger partial charge in [-0.3, -0.25) is 0 Å². The Labute approximate surface area is 161 Å². The summed E-state index contributed by atoms with van der Waals surface area (Å²) in [7, 11) is 0. The van der Waals surface area contributed by atoms with Gasteiger partial charge in [-0.25, -0.2) is 14.5 Å². The molecule has 0 bridgehead atoms. The van der Waals surface area contributed by atoms with Gasteiger partial charge in [-0.1, -0.05) is 18.2 Å². The number of imidazole rings is 1. The minimum Gasteiger partial charge on any atom is -0.454 e. The van der Waals surface area contributed by atoms with E-state index in [0.717, 1.165) is 11.3 Å². The maximum Gasteiger partial charge on any atom is 0.358 e. The van der Waals surface area contributed by atoms with Crippen LogP contribution in [0.25, 0.3) is 11.3 Å². The van der Waals surface area contributed by atoms with Crippen LogP contribution in [0.5, 0.6) is 0 Å². The van der Waals surface area contributed by atoms with E-state index >= 15 is 0 Å². The predicted molar refractivity (Wildman–Crippen MR) is 102 cm³/mol. The van der Waals surface area contributed by atoms with Gasteiger partial charge in [0.25, 0.3) is 0 Å². The fourth-order valence-corrected chi connectivity index (χ4v) is 3.03. The van der Waals surface area contributed by atoms with Gasteiger partial charge in [0.15, 0.2) is 5.69 Å². The fourth-order valence-electron chi connectivity index (χ4n) is 3.03. The van der Waals surface area contributed by atoms with Crippen molar-refractivity contribution in [1.82, 2.24) is 19.2 Å². The molecule has 0 spiro atoms. The Hall–Kier alpha value is -3.92. The minimum atomic E-state index is -0.552. The molecule has 0 saturated carbocycles. The number of carbonyl (C=O) groups is 1. The number of pyridine rings is 1. The zero-order chi connectivity index (χ0) is 19.7. The van der Waals surface area contributed by atoms with Crippen LogP contribution in [-0.4, -0.2) is 25.1 Å². The lowest BCUT2D eigenvalue weighted by Crippen LogP contribution is -2.10. The van der Waals surface area contributed by atoms with Crippen LogP contribution in [0.3, 0.4) is 0 Å². The average molecular weight is 371 g/mol. The van der Waals surface area contributed by atoms with Crippen LogP contribution in [0.2, 0.25) is 0 Å². The molecular formula is C21H17N5O2. The van der Waals surface area contributed by atoms with Crippen molar-refractivity contribution in [1.29, 1.82) is 5.26 Å². The van der Waals surface area contributed by atoms with Crippen LogP contribution in [0.15, 0.2) is 54.9 Å². The van der Waals surface area contributed by atoms with E-state index in [2.05, 4.69) is 16.2 Å². The lowest BCUT2D eigenvalue weighted by molar-refractivity contribution is 0.0458.